The van der Waals surface area contributed by atoms with E-state index in [4.69, 9.17) is 0 Å². The molecule has 1 rings (SSSR count). The molecule has 3 N–H and O–H groups in total. The molecule has 21 heavy (non-hydrogen) atoms. The Morgan fingerprint density at radius 3 is 2.33 bits per heavy atom. The highest BCUT2D eigenvalue weighted by Gasteiger charge is 2.35. The van der Waals surface area contributed by atoms with E-state index in [9.17, 15) is 18.0 Å². The highest BCUT2D eigenvalue weighted by molar-refractivity contribution is 5.80. The van der Waals surface area contributed by atoms with Gasteiger partial charge in [0.25, 0.3) is 0 Å². The third-order valence-corrected chi connectivity index (χ3v) is 2.34. The van der Waals surface area contributed by atoms with Gasteiger partial charge in [0.1, 0.15) is 11.6 Å². The van der Waals surface area contributed by atoms with Crippen LogP contribution in [0.1, 0.15) is 26.1 Å². The van der Waals surface area contributed by atoms with Gasteiger partial charge in [0.15, 0.2) is 0 Å². The summed E-state index contributed by atoms with van der Waals surface area (Å²) in [4.78, 5) is 18.1. The van der Waals surface area contributed by atoms with Crippen LogP contribution in [0.2, 0.25) is 0 Å². The molecule has 0 saturated carbocycles. The average Bonchev–Trinajstić information content (AvgIpc) is 2.42. The number of carbonyl (C=O) groups excluding carboxylic acids is 1. The molecule has 0 bridgehead atoms. The number of nitrogens with zero attached hydrogens (tertiary/aromatic N) is 2. The molecule has 0 unspecified atom stereocenters. The number of hydrogen-bond acceptors (Lipinski definition) is 5. The maximum Gasteiger partial charge on any atom is 0.451 e. The van der Waals surface area contributed by atoms with Crippen molar-refractivity contribution in [2.45, 2.75) is 26.4 Å². The Bertz CT molecular complexity index is 478. The number of alkyl halides is 3. The third-order valence-electron chi connectivity index (χ3n) is 2.34. The van der Waals surface area contributed by atoms with Gasteiger partial charge in [-0.1, -0.05) is 6.92 Å². The topological polar surface area (TPSA) is 78.9 Å². The quantitative estimate of drug-likeness (QED) is 0.716. The van der Waals surface area contributed by atoms with Gasteiger partial charge in [0.05, 0.1) is 6.54 Å². The Labute approximate surface area is 120 Å². The first-order valence-electron chi connectivity index (χ1n) is 6.57. The maximum absolute atomic E-state index is 12.7. The summed E-state index contributed by atoms with van der Waals surface area (Å²) in [5, 5.41) is 7.85. The molecule has 1 amide bonds. The van der Waals surface area contributed by atoms with Crippen molar-refractivity contribution in [2.24, 2.45) is 0 Å². The van der Waals surface area contributed by atoms with Crippen molar-refractivity contribution in [1.29, 1.82) is 0 Å². The fourth-order valence-corrected chi connectivity index (χ4v) is 1.44. The van der Waals surface area contributed by atoms with Gasteiger partial charge < -0.3 is 16.0 Å². The summed E-state index contributed by atoms with van der Waals surface area (Å²) >= 11 is 0. The van der Waals surface area contributed by atoms with E-state index in [2.05, 4.69) is 25.9 Å². The van der Waals surface area contributed by atoms with E-state index in [0.717, 1.165) is 6.42 Å². The summed E-state index contributed by atoms with van der Waals surface area (Å²) in [6.45, 7) is 4.41. The van der Waals surface area contributed by atoms with Gasteiger partial charge in [-0.15, -0.1) is 0 Å². The van der Waals surface area contributed by atoms with E-state index in [0.29, 0.717) is 13.1 Å². The van der Waals surface area contributed by atoms with Crippen molar-refractivity contribution in [3.8, 4) is 0 Å². The number of carbonyl (C=O) groups is 1. The van der Waals surface area contributed by atoms with E-state index in [1.165, 1.54) is 6.07 Å². The molecule has 0 atom stereocenters. The summed E-state index contributed by atoms with van der Waals surface area (Å²) in [5.41, 5.74) is 0. The smallest absolute Gasteiger partial charge is 0.370 e. The molecule has 9 heteroatoms. The van der Waals surface area contributed by atoms with Crippen molar-refractivity contribution in [3.63, 3.8) is 0 Å². The predicted molar refractivity (Wildman–Crippen MR) is 73.0 cm³/mol. The molecule has 0 spiro atoms. The van der Waals surface area contributed by atoms with E-state index in [1.807, 2.05) is 6.92 Å². The number of halogens is 3. The van der Waals surface area contributed by atoms with Gasteiger partial charge in [0.2, 0.25) is 11.7 Å². The number of amides is 1. The first kappa shape index (κ1) is 17.0. The van der Waals surface area contributed by atoms with Crippen LogP contribution in [0.15, 0.2) is 6.07 Å². The highest BCUT2D eigenvalue weighted by atomic mass is 19.4. The van der Waals surface area contributed by atoms with Gasteiger partial charge in [-0.2, -0.15) is 13.2 Å². The van der Waals surface area contributed by atoms with Crippen LogP contribution in [0.25, 0.3) is 0 Å². The van der Waals surface area contributed by atoms with Crippen molar-refractivity contribution >= 4 is 17.5 Å². The lowest BCUT2D eigenvalue weighted by Gasteiger charge is -2.12. The van der Waals surface area contributed by atoms with Gasteiger partial charge in [-0.3, -0.25) is 4.79 Å². The SMILES string of the molecule is CCCNc1cc(NCC(=O)NCC)nc(C(F)(F)F)n1. The van der Waals surface area contributed by atoms with Crippen molar-refractivity contribution in [3.05, 3.63) is 11.9 Å². The fraction of sp³-hybridized carbons (Fsp3) is 0.583. The summed E-state index contributed by atoms with van der Waals surface area (Å²) in [6.07, 6.45) is -3.90. The van der Waals surface area contributed by atoms with Crippen LogP contribution in [0.3, 0.4) is 0 Å². The van der Waals surface area contributed by atoms with Gasteiger partial charge in [0, 0.05) is 19.2 Å². The molecule has 0 aliphatic rings. The van der Waals surface area contributed by atoms with Gasteiger partial charge in [-0.05, 0) is 13.3 Å². The first-order valence-corrected chi connectivity index (χ1v) is 6.57. The summed E-state index contributed by atoms with van der Waals surface area (Å²) in [7, 11) is 0. The Kier molecular flexibility index (Phi) is 6.19. The second kappa shape index (κ2) is 7.65. The van der Waals surface area contributed by atoms with Crippen molar-refractivity contribution < 1.29 is 18.0 Å². The summed E-state index contributed by atoms with van der Waals surface area (Å²) < 4.78 is 38.2. The van der Waals surface area contributed by atoms with E-state index < -0.39 is 12.0 Å². The normalized spacial score (nSPS) is 11.1. The van der Waals surface area contributed by atoms with Crippen molar-refractivity contribution in [2.75, 3.05) is 30.3 Å². The first-order chi connectivity index (χ1) is 9.86. The second-order valence-corrected chi connectivity index (χ2v) is 4.19. The Morgan fingerprint density at radius 1 is 1.19 bits per heavy atom. The zero-order valence-electron chi connectivity index (χ0n) is 11.8. The van der Waals surface area contributed by atoms with Crippen LogP contribution in [0.4, 0.5) is 24.8 Å². The lowest BCUT2D eigenvalue weighted by Crippen LogP contribution is -2.30. The number of likely N-dealkylation sites (N-methyl/N-ethyl adjacent to an activating group) is 1. The van der Waals surface area contributed by atoms with Gasteiger partial charge in [-0.25, -0.2) is 9.97 Å². The molecule has 0 saturated heterocycles. The molecule has 1 aromatic heterocycles. The van der Waals surface area contributed by atoms with E-state index >= 15 is 0 Å². The number of anilines is 2. The molecule has 0 aliphatic heterocycles. The van der Waals surface area contributed by atoms with E-state index in [1.54, 1.807) is 6.92 Å². The molecule has 1 heterocycles. The number of rotatable bonds is 7. The van der Waals surface area contributed by atoms with Gasteiger partial charge >= 0.3 is 6.18 Å². The number of hydrogen-bond donors (Lipinski definition) is 3. The average molecular weight is 305 g/mol. The van der Waals surface area contributed by atoms with Crippen LogP contribution >= 0.6 is 0 Å². The lowest BCUT2D eigenvalue weighted by atomic mass is 10.4. The lowest BCUT2D eigenvalue weighted by molar-refractivity contribution is -0.144. The minimum atomic E-state index is -4.65. The Morgan fingerprint density at radius 2 is 1.81 bits per heavy atom. The Balaban J connectivity index is 2.88. The molecule has 0 aliphatic carbocycles. The summed E-state index contributed by atoms with van der Waals surface area (Å²) in [6, 6.07) is 1.34. The number of nitrogens with one attached hydrogen (secondary N) is 3. The van der Waals surface area contributed by atoms with Crippen molar-refractivity contribution in [1.82, 2.24) is 15.3 Å². The maximum atomic E-state index is 12.7. The molecule has 0 aromatic carbocycles. The zero-order chi connectivity index (χ0) is 15.9. The molecule has 0 radical (unpaired) electrons. The van der Waals surface area contributed by atoms with E-state index in [-0.39, 0.29) is 24.1 Å². The van der Waals surface area contributed by atoms with Crippen LogP contribution in [-0.2, 0) is 11.0 Å². The standard InChI is InChI=1S/C12H18F3N5O/c1-3-5-17-8-6-9(18-7-10(21)16-4-2)20-11(19-8)12(13,14)15/h6H,3-5,7H2,1-2H3,(H,16,21)(H2,17,18,19,20). The third kappa shape index (κ3) is 5.84. The zero-order valence-corrected chi connectivity index (χ0v) is 11.8. The second-order valence-electron chi connectivity index (χ2n) is 4.19. The molecular weight excluding hydrogens is 287 g/mol. The number of aromatic nitrogens is 2. The molecule has 6 nitrogen and oxygen atoms in total. The minimum Gasteiger partial charge on any atom is -0.370 e. The largest absolute Gasteiger partial charge is 0.451 e. The fourth-order valence-electron chi connectivity index (χ4n) is 1.44. The summed E-state index contributed by atoms with van der Waals surface area (Å²) in [5.74, 6) is -1.56. The molecule has 118 valence electrons. The molecular formula is C12H18F3N5O. The monoisotopic (exact) mass is 305 g/mol. The van der Waals surface area contributed by atoms with Crippen LogP contribution in [-0.4, -0.2) is 35.5 Å². The Hall–Kier alpha value is -2.06. The minimum absolute atomic E-state index is 0.0535. The predicted octanol–water partition coefficient (Wildman–Crippen LogP) is 1.87. The molecule has 1 aromatic rings. The molecule has 0 fully saturated rings. The highest BCUT2D eigenvalue weighted by Crippen LogP contribution is 2.28. The van der Waals surface area contributed by atoms with Crippen LogP contribution in [0.5, 0.6) is 0 Å². The van der Waals surface area contributed by atoms with Crippen LogP contribution in [0, 0.1) is 0 Å². The van der Waals surface area contributed by atoms with Crippen LogP contribution < -0.4 is 16.0 Å².